The van der Waals surface area contributed by atoms with Gasteiger partial charge < -0.3 is 9.64 Å². The van der Waals surface area contributed by atoms with Crippen LogP contribution in [0.5, 0.6) is 5.75 Å². The number of carbonyl (C=O) groups excluding carboxylic acids is 3. The van der Waals surface area contributed by atoms with Gasteiger partial charge in [-0.05, 0) is 63.1 Å². The van der Waals surface area contributed by atoms with Gasteiger partial charge in [-0.3, -0.25) is 35.3 Å². The van der Waals surface area contributed by atoms with Crippen molar-refractivity contribution in [2.45, 2.75) is 32.7 Å². The summed E-state index contributed by atoms with van der Waals surface area (Å²) in [6, 6.07) is 9.83. The van der Waals surface area contributed by atoms with E-state index in [1.165, 1.54) is 23.1 Å². The molecule has 1 fully saturated rings. The second-order valence-corrected chi connectivity index (χ2v) is 7.32. The Morgan fingerprint density at radius 3 is 2.44 bits per heavy atom. The first kappa shape index (κ1) is 22.7. The molecule has 1 atom stereocenters. The molecule has 0 aromatic heterocycles. The van der Waals surface area contributed by atoms with Gasteiger partial charge >= 0.3 is 0 Å². The van der Waals surface area contributed by atoms with E-state index in [9.17, 15) is 24.5 Å². The zero-order valence-electron chi connectivity index (χ0n) is 17.8. The molecule has 10 nitrogen and oxygen atoms in total. The monoisotopic (exact) mass is 440 g/mol. The quantitative estimate of drug-likeness (QED) is 0.524. The molecule has 1 aliphatic heterocycles. The molecule has 168 valence electrons. The zero-order chi connectivity index (χ0) is 23.3. The SMILES string of the molecule is CCOc1ccc(C(=O)NNC(=O)C2CCCN2C(=O)c2ccc([N+](=O)[O-])c(C)c2)cc1. The van der Waals surface area contributed by atoms with E-state index in [-0.39, 0.29) is 11.3 Å². The molecule has 3 amide bonds. The number of likely N-dealkylation sites (tertiary alicyclic amines) is 1. The minimum atomic E-state index is -0.751. The van der Waals surface area contributed by atoms with E-state index in [4.69, 9.17) is 4.74 Å². The molecule has 1 aliphatic rings. The van der Waals surface area contributed by atoms with E-state index in [2.05, 4.69) is 10.9 Å². The molecule has 2 N–H and O–H groups in total. The van der Waals surface area contributed by atoms with Gasteiger partial charge in [-0.15, -0.1) is 0 Å². The highest BCUT2D eigenvalue weighted by molar-refractivity contribution is 5.99. The molecule has 0 spiro atoms. The summed E-state index contributed by atoms with van der Waals surface area (Å²) < 4.78 is 5.33. The fourth-order valence-corrected chi connectivity index (χ4v) is 3.58. The number of hydrazine groups is 1. The van der Waals surface area contributed by atoms with E-state index in [1.54, 1.807) is 31.2 Å². The second-order valence-electron chi connectivity index (χ2n) is 7.32. The number of nitro benzene ring substituents is 1. The predicted octanol–water partition coefficient (Wildman–Crippen LogP) is 2.37. The fourth-order valence-electron chi connectivity index (χ4n) is 3.58. The third-order valence-electron chi connectivity index (χ3n) is 5.18. The van der Waals surface area contributed by atoms with Gasteiger partial charge in [0.15, 0.2) is 0 Å². The van der Waals surface area contributed by atoms with E-state index in [0.717, 1.165) is 0 Å². The van der Waals surface area contributed by atoms with Crippen molar-refractivity contribution in [3.05, 3.63) is 69.3 Å². The lowest BCUT2D eigenvalue weighted by molar-refractivity contribution is -0.385. The van der Waals surface area contributed by atoms with Crippen LogP contribution in [0.15, 0.2) is 42.5 Å². The highest BCUT2D eigenvalue weighted by Gasteiger charge is 2.35. The number of carbonyl (C=O) groups is 3. The Morgan fingerprint density at radius 2 is 1.81 bits per heavy atom. The molecular weight excluding hydrogens is 416 g/mol. The van der Waals surface area contributed by atoms with E-state index >= 15 is 0 Å². The number of aryl methyl sites for hydroxylation is 1. The molecular formula is C22H24N4O6. The van der Waals surface area contributed by atoms with Gasteiger partial charge in [0.25, 0.3) is 23.4 Å². The normalized spacial score (nSPS) is 15.2. The first-order chi connectivity index (χ1) is 15.3. The van der Waals surface area contributed by atoms with Crippen molar-refractivity contribution in [2.24, 2.45) is 0 Å². The number of nitro groups is 1. The number of hydrogen-bond donors (Lipinski definition) is 2. The van der Waals surface area contributed by atoms with Gasteiger partial charge in [0.2, 0.25) is 0 Å². The number of rotatable bonds is 6. The lowest BCUT2D eigenvalue weighted by atomic mass is 10.1. The smallest absolute Gasteiger partial charge is 0.272 e. The Bertz CT molecular complexity index is 1040. The molecule has 0 radical (unpaired) electrons. The van der Waals surface area contributed by atoms with Crippen LogP contribution >= 0.6 is 0 Å². The van der Waals surface area contributed by atoms with Crippen molar-refractivity contribution in [3.8, 4) is 5.75 Å². The van der Waals surface area contributed by atoms with Gasteiger partial charge in [0.05, 0.1) is 11.5 Å². The summed E-state index contributed by atoms with van der Waals surface area (Å²) in [5, 5.41) is 11.0. The Balaban J connectivity index is 1.62. The summed E-state index contributed by atoms with van der Waals surface area (Å²) in [6.07, 6.45) is 1.07. The van der Waals surface area contributed by atoms with Crippen LogP contribution in [0.4, 0.5) is 5.69 Å². The highest BCUT2D eigenvalue weighted by Crippen LogP contribution is 2.24. The van der Waals surface area contributed by atoms with Gasteiger partial charge in [-0.25, -0.2) is 0 Å². The minimum absolute atomic E-state index is 0.0748. The molecule has 3 rings (SSSR count). The fraction of sp³-hybridized carbons (Fsp3) is 0.318. The van der Waals surface area contributed by atoms with E-state index in [1.807, 2.05) is 6.92 Å². The summed E-state index contributed by atoms with van der Waals surface area (Å²) in [5.74, 6) is -0.759. The van der Waals surface area contributed by atoms with E-state index < -0.39 is 28.7 Å². The Hall–Kier alpha value is -3.95. The molecule has 2 aromatic carbocycles. The average Bonchev–Trinajstić information content (AvgIpc) is 3.27. The van der Waals surface area contributed by atoms with Crippen LogP contribution in [-0.4, -0.2) is 46.7 Å². The molecule has 1 unspecified atom stereocenters. The van der Waals surface area contributed by atoms with Crippen molar-refractivity contribution in [3.63, 3.8) is 0 Å². The Morgan fingerprint density at radius 1 is 1.12 bits per heavy atom. The number of benzene rings is 2. The van der Waals surface area contributed by atoms with Crippen LogP contribution in [0.1, 0.15) is 46.0 Å². The second kappa shape index (κ2) is 9.90. The van der Waals surface area contributed by atoms with E-state index in [0.29, 0.717) is 42.9 Å². The molecule has 1 heterocycles. The predicted molar refractivity (Wildman–Crippen MR) is 115 cm³/mol. The van der Waals surface area contributed by atoms with Crippen LogP contribution in [0, 0.1) is 17.0 Å². The average molecular weight is 440 g/mol. The first-order valence-corrected chi connectivity index (χ1v) is 10.2. The molecule has 0 aliphatic carbocycles. The van der Waals surface area contributed by atoms with Gasteiger partial charge in [0, 0.05) is 29.3 Å². The number of nitrogens with one attached hydrogen (secondary N) is 2. The highest BCUT2D eigenvalue weighted by atomic mass is 16.6. The molecule has 1 saturated heterocycles. The summed E-state index contributed by atoms with van der Waals surface area (Å²) in [7, 11) is 0. The first-order valence-electron chi connectivity index (χ1n) is 10.2. The molecule has 10 heteroatoms. The number of hydrogen-bond acceptors (Lipinski definition) is 6. The van der Waals surface area contributed by atoms with Crippen LogP contribution in [0.25, 0.3) is 0 Å². The van der Waals surface area contributed by atoms with Crippen LogP contribution in [0.2, 0.25) is 0 Å². The van der Waals surface area contributed by atoms with Crippen LogP contribution in [0.3, 0.4) is 0 Å². The molecule has 32 heavy (non-hydrogen) atoms. The van der Waals surface area contributed by atoms with Crippen LogP contribution in [-0.2, 0) is 4.79 Å². The third-order valence-corrected chi connectivity index (χ3v) is 5.18. The maximum Gasteiger partial charge on any atom is 0.272 e. The topological polar surface area (TPSA) is 131 Å². The zero-order valence-corrected chi connectivity index (χ0v) is 17.8. The molecule has 0 saturated carbocycles. The summed E-state index contributed by atoms with van der Waals surface area (Å²) in [4.78, 5) is 49.8. The summed E-state index contributed by atoms with van der Waals surface area (Å²) in [5.41, 5.74) is 5.65. The van der Waals surface area contributed by atoms with Crippen molar-refractivity contribution in [1.82, 2.24) is 15.8 Å². The standard InChI is InChI=1S/C22H24N4O6/c1-3-32-17-9-6-15(7-10-17)20(27)23-24-21(28)19-5-4-12-25(19)22(29)16-8-11-18(26(30)31)14(2)13-16/h6-11,13,19H,3-5,12H2,1-2H3,(H,23,27)(H,24,28). The van der Waals surface area contributed by atoms with Gasteiger partial charge in [-0.2, -0.15) is 0 Å². The summed E-state index contributed by atoms with van der Waals surface area (Å²) >= 11 is 0. The lowest BCUT2D eigenvalue weighted by Crippen LogP contribution is -2.51. The molecule has 0 bridgehead atoms. The van der Waals surface area contributed by atoms with Gasteiger partial charge in [-0.1, -0.05) is 0 Å². The summed E-state index contributed by atoms with van der Waals surface area (Å²) in [6.45, 7) is 4.30. The Kier molecular flexibility index (Phi) is 7.04. The Labute approximate surface area is 184 Å². The largest absolute Gasteiger partial charge is 0.494 e. The maximum absolute atomic E-state index is 12.9. The maximum atomic E-state index is 12.9. The number of nitrogens with zero attached hydrogens (tertiary/aromatic N) is 2. The van der Waals surface area contributed by atoms with Crippen molar-refractivity contribution < 1.29 is 24.0 Å². The number of ether oxygens (including phenoxy) is 1. The third kappa shape index (κ3) is 5.02. The van der Waals surface area contributed by atoms with Crippen molar-refractivity contribution >= 4 is 23.4 Å². The van der Waals surface area contributed by atoms with Crippen molar-refractivity contribution in [1.29, 1.82) is 0 Å². The number of amides is 3. The van der Waals surface area contributed by atoms with Crippen LogP contribution < -0.4 is 15.6 Å². The lowest BCUT2D eigenvalue weighted by Gasteiger charge is -2.24. The van der Waals surface area contributed by atoms with Crippen molar-refractivity contribution in [2.75, 3.05) is 13.2 Å². The van der Waals surface area contributed by atoms with Gasteiger partial charge in [0.1, 0.15) is 11.8 Å². The molecule has 2 aromatic rings. The minimum Gasteiger partial charge on any atom is -0.494 e.